The van der Waals surface area contributed by atoms with Crippen LogP contribution in [0.25, 0.3) is 0 Å². The summed E-state index contributed by atoms with van der Waals surface area (Å²) in [6.45, 7) is 7.77. The molecule has 0 saturated carbocycles. The Kier molecular flexibility index (Phi) is 8.14. The maximum absolute atomic E-state index is 12.5. The first kappa shape index (κ1) is 23.6. The van der Waals surface area contributed by atoms with Crippen LogP contribution in [-0.4, -0.2) is 59.6 Å². The van der Waals surface area contributed by atoms with Crippen molar-refractivity contribution in [1.29, 1.82) is 0 Å². The highest BCUT2D eigenvalue weighted by Gasteiger charge is 2.45. The molecule has 8 heteroatoms. The molecule has 2 rings (SSSR count). The molecule has 2 N–H and O–H groups in total. The van der Waals surface area contributed by atoms with E-state index < -0.39 is 42.1 Å². The van der Waals surface area contributed by atoms with E-state index in [-0.39, 0.29) is 30.8 Å². The minimum atomic E-state index is -0.823. The van der Waals surface area contributed by atoms with Gasteiger partial charge in [-0.2, -0.15) is 0 Å². The fourth-order valence-electron chi connectivity index (χ4n) is 3.51. The number of ether oxygens (including phenoxy) is 3. The average molecular weight is 420 g/mol. The summed E-state index contributed by atoms with van der Waals surface area (Å²) in [5, 5.41) is 18.8. The van der Waals surface area contributed by atoms with E-state index in [2.05, 4.69) is 6.58 Å². The van der Waals surface area contributed by atoms with Gasteiger partial charge in [-0.25, -0.2) is 9.59 Å². The van der Waals surface area contributed by atoms with Crippen molar-refractivity contribution < 1.29 is 38.8 Å². The number of carbonyl (C=O) groups excluding carboxylic acids is 3. The van der Waals surface area contributed by atoms with Crippen molar-refractivity contribution in [3.63, 3.8) is 0 Å². The Bertz CT molecular complexity index is 804. The molecule has 1 aliphatic carbocycles. The van der Waals surface area contributed by atoms with E-state index in [4.69, 9.17) is 19.3 Å². The smallest absolute Gasteiger partial charge is 0.334 e. The zero-order valence-corrected chi connectivity index (χ0v) is 17.4. The molecule has 1 fully saturated rings. The maximum Gasteiger partial charge on any atom is 0.334 e. The predicted molar refractivity (Wildman–Crippen MR) is 107 cm³/mol. The lowest BCUT2D eigenvalue weighted by molar-refractivity contribution is -0.148. The Labute approximate surface area is 175 Å². The average Bonchev–Trinajstić information content (AvgIpc) is 2.95. The van der Waals surface area contributed by atoms with Gasteiger partial charge < -0.3 is 24.4 Å². The fourth-order valence-corrected chi connectivity index (χ4v) is 3.51. The first-order valence-corrected chi connectivity index (χ1v) is 9.70. The fraction of sp³-hybridized carbons (Fsp3) is 0.500. The van der Waals surface area contributed by atoms with Gasteiger partial charge in [0.15, 0.2) is 0 Å². The van der Waals surface area contributed by atoms with Crippen LogP contribution in [0.15, 0.2) is 47.1 Å². The van der Waals surface area contributed by atoms with Crippen LogP contribution in [0.1, 0.15) is 33.6 Å². The van der Waals surface area contributed by atoms with Gasteiger partial charge in [0, 0.05) is 30.9 Å². The van der Waals surface area contributed by atoms with Gasteiger partial charge in [0.1, 0.15) is 18.3 Å². The number of esters is 3. The summed E-state index contributed by atoms with van der Waals surface area (Å²) in [4.78, 5) is 36.2. The second-order valence-electron chi connectivity index (χ2n) is 7.40. The molecule has 1 aliphatic heterocycles. The minimum Gasteiger partial charge on any atom is -0.458 e. The molecule has 4 atom stereocenters. The van der Waals surface area contributed by atoms with Crippen molar-refractivity contribution in [3.8, 4) is 0 Å². The predicted octanol–water partition coefficient (Wildman–Crippen LogP) is 1.53. The van der Waals surface area contributed by atoms with E-state index >= 15 is 0 Å². The first-order chi connectivity index (χ1) is 14.2. The van der Waals surface area contributed by atoms with Crippen LogP contribution >= 0.6 is 0 Å². The van der Waals surface area contributed by atoms with E-state index in [0.29, 0.717) is 17.6 Å². The molecular weight excluding hydrogens is 392 g/mol. The largest absolute Gasteiger partial charge is 0.458 e. The van der Waals surface area contributed by atoms with Crippen LogP contribution in [0.3, 0.4) is 0 Å². The van der Waals surface area contributed by atoms with Crippen molar-refractivity contribution in [2.75, 3.05) is 13.2 Å². The van der Waals surface area contributed by atoms with Crippen LogP contribution in [0.4, 0.5) is 0 Å². The first-order valence-electron chi connectivity index (χ1n) is 9.70. The van der Waals surface area contributed by atoms with Gasteiger partial charge in [-0.05, 0) is 37.1 Å². The van der Waals surface area contributed by atoms with Crippen LogP contribution in [0.5, 0.6) is 0 Å². The lowest BCUT2D eigenvalue weighted by Gasteiger charge is -2.29. The summed E-state index contributed by atoms with van der Waals surface area (Å²) in [7, 11) is 0. The number of aliphatic hydroxyl groups is 2. The Balaban J connectivity index is 2.46. The Morgan fingerprint density at radius 1 is 1.30 bits per heavy atom. The molecule has 1 heterocycles. The molecule has 0 spiro atoms. The minimum absolute atomic E-state index is 0.144. The third-order valence-electron chi connectivity index (χ3n) is 5.17. The molecule has 0 aromatic heterocycles. The third kappa shape index (κ3) is 5.67. The Morgan fingerprint density at radius 2 is 2.00 bits per heavy atom. The second kappa shape index (κ2) is 10.4. The van der Waals surface area contributed by atoms with Gasteiger partial charge in [-0.15, -0.1) is 0 Å². The van der Waals surface area contributed by atoms with E-state index in [1.54, 1.807) is 19.1 Å². The molecule has 2 aliphatic rings. The molecule has 0 aromatic carbocycles. The van der Waals surface area contributed by atoms with E-state index in [0.717, 1.165) is 0 Å². The number of rotatable bonds is 5. The zero-order valence-electron chi connectivity index (χ0n) is 17.4. The van der Waals surface area contributed by atoms with Gasteiger partial charge in [-0.3, -0.25) is 4.79 Å². The zero-order chi connectivity index (χ0) is 22.4. The molecule has 0 aromatic rings. The third-order valence-corrected chi connectivity index (χ3v) is 5.17. The molecule has 0 amide bonds. The van der Waals surface area contributed by atoms with Crippen LogP contribution < -0.4 is 0 Å². The van der Waals surface area contributed by atoms with Crippen LogP contribution in [0, 0.1) is 5.92 Å². The topological polar surface area (TPSA) is 119 Å². The molecule has 0 radical (unpaired) electrons. The summed E-state index contributed by atoms with van der Waals surface area (Å²) < 4.78 is 16.5. The van der Waals surface area contributed by atoms with Crippen molar-refractivity contribution >= 4 is 17.9 Å². The van der Waals surface area contributed by atoms with Crippen molar-refractivity contribution in [1.82, 2.24) is 0 Å². The molecule has 1 saturated heterocycles. The summed E-state index contributed by atoms with van der Waals surface area (Å²) in [5.74, 6) is -2.38. The molecule has 164 valence electrons. The lowest BCUT2D eigenvalue weighted by atomic mass is 9.85. The molecule has 0 bridgehead atoms. The number of fused-ring (bicyclic) bond motifs is 1. The normalized spacial score (nSPS) is 30.9. The summed E-state index contributed by atoms with van der Waals surface area (Å²) >= 11 is 0. The number of hydrogen-bond acceptors (Lipinski definition) is 8. The SMILES string of the molecule is C=C1C(=O)O[C@@H]2/C=C(\C)[C@@H](OC(C)=O)C/C=C(\CO)C[C@@H](OC(=O)/C(C)=C/CO)[C@@H]12. The molecule has 0 unspecified atom stereocenters. The highest BCUT2D eigenvalue weighted by atomic mass is 16.6. The van der Waals surface area contributed by atoms with E-state index in [1.165, 1.54) is 19.9 Å². The van der Waals surface area contributed by atoms with Gasteiger partial charge in [0.05, 0.1) is 19.1 Å². The monoisotopic (exact) mass is 420 g/mol. The van der Waals surface area contributed by atoms with Gasteiger partial charge in [-0.1, -0.05) is 12.7 Å². The number of aliphatic hydroxyl groups excluding tert-OH is 2. The molecule has 8 nitrogen and oxygen atoms in total. The Morgan fingerprint density at radius 3 is 2.60 bits per heavy atom. The van der Waals surface area contributed by atoms with Crippen molar-refractivity contribution in [2.45, 2.75) is 51.9 Å². The number of hydrogen-bond donors (Lipinski definition) is 2. The van der Waals surface area contributed by atoms with E-state index in [9.17, 15) is 19.5 Å². The van der Waals surface area contributed by atoms with Gasteiger partial charge in [0.2, 0.25) is 0 Å². The van der Waals surface area contributed by atoms with Crippen LogP contribution in [0.2, 0.25) is 0 Å². The molecular formula is C22H28O8. The summed E-state index contributed by atoms with van der Waals surface area (Å²) in [6, 6.07) is 0. The number of carbonyl (C=O) groups is 3. The Hall–Kier alpha value is -2.71. The van der Waals surface area contributed by atoms with Crippen molar-refractivity contribution in [3.05, 3.63) is 47.1 Å². The highest BCUT2D eigenvalue weighted by Crippen LogP contribution is 2.36. The second-order valence-corrected chi connectivity index (χ2v) is 7.40. The van der Waals surface area contributed by atoms with Gasteiger partial charge >= 0.3 is 17.9 Å². The standard InChI is InChI=1S/C22H28O8/c1-12(7-8-23)21(26)29-19-10-16(11-24)5-6-17(28-15(4)25)13(2)9-18-20(19)14(3)22(27)30-18/h5,7,9,17-20,23-24H,3,6,8,10-11H2,1-2,4H3/b12-7+,13-9+,16-5-/t17-,18+,19+,20-/m0/s1. The highest BCUT2D eigenvalue weighted by molar-refractivity contribution is 5.92. The molecule has 30 heavy (non-hydrogen) atoms. The summed E-state index contributed by atoms with van der Waals surface area (Å²) in [5.41, 5.74) is 1.61. The quantitative estimate of drug-likeness (QED) is 0.297. The van der Waals surface area contributed by atoms with E-state index in [1.807, 2.05) is 0 Å². The lowest BCUT2D eigenvalue weighted by Crippen LogP contribution is -2.34. The summed E-state index contributed by atoms with van der Waals surface area (Å²) in [6.07, 6.45) is 3.04. The van der Waals surface area contributed by atoms with Crippen LogP contribution in [-0.2, 0) is 28.6 Å². The maximum atomic E-state index is 12.5. The van der Waals surface area contributed by atoms with Crippen molar-refractivity contribution in [2.24, 2.45) is 5.92 Å². The van der Waals surface area contributed by atoms with Gasteiger partial charge in [0.25, 0.3) is 0 Å².